The maximum atomic E-state index is 13.4. The highest BCUT2D eigenvalue weighted by Gasteiger charge is 2.38. The number of nitrogens with one attached hydrogen (secondary N) is 2. The van der Waals surface area contributed by atoms with Crippen LogP contribution in [0.1, 0.15) is 45.4 Å². The summed E-state index contributed by atoms with van der Waals surface area (Å²) >= 11 is 0. The monoisotopic (exact) mass is 563 g/mol. The number of aromatic nitrogens is 3. The Morgan fingerprint density at radius 3 is 2.62 bits per heavy atom. The Labute approximate surface area is 233 Å². The number of carbonyl (C=O) groups excluding carboxylic acids is 1. The molecule has 8 rings (SSSR count). The number of fused-ring (bicyclic) bond motifs is 3. The zero-order valence-electron chi connectivity index (χ0n) is 22.5. The van der Waals surface area contributed by atoms with Crippen LogP contribution in [0.5, 0.6) is 0 Å². The van der Waals surface area contributed by atoms with Gasteiger partial charge in [-0.2, -0.15) is 0 Å². The van der Waals surface area contributed by atoms with Gasteiger partial charge in [-0.15, -0.1) is 10.2 Å². The van der Waals surface area contributed by atoms with E-state index in [2.05, 4.69) is 41.9 Å². The molecule has 3 fully saturated rings. The molecule has 12 heteroatoms. The third-order valence-corrected chi connectivity index (χ3v) is 10.5. The number of benzene rings is 1. The zero-order valence-corrected chi connectivity index (χ0v) is 23.3. The number of carbonyl (C=O) groups is 1. The molecule has 0 radical (unpaired) electrons. The Kier molecular flexibility index (Phi) is 5.99. The molecule has 0 spiro atoms. The zero-order chi connectivity index (χ0) is 27.5. The molecule has 1 aromatic carbocycles. The summed E-state index contributed by atoms with van der Waals surface area (Å²) in [6.07, 6.45) is 6.39. The first-order valence-electron chi connectivity index (χ1n) is 14.0. The van der Waals surface area contributed by atoms with Crippen LogP contribution in [0.15, 0.2) is 40.9 Å². The number of hydrogen-bond acceptors (Lipinski definition) is 9. The lowest BCUT2D eigenvalue weighted by molar-refractivity contribution is -0.127. The van der Waals surface area contributed by atoms with E-state index in [0.29, 0.717) is 49.9 Å². The first kappa shape index (κ1) is 25.3. The summed E-state index contributed by atoms with van der Waals surface area (Å²) in [5.74, 6) is 1.51. The molecule has 5 aliphatic rings. The van der Waals surface area contributed by atoms with E-state index >= 15 is 0 Å². The third-order valence-electron chi connectivity index (χ3n) is 8.62. The second-order valence-corrected chi connectivity index (χ2v) is 13.7. The van der Waals surface area contributed by atoms with Gasteiger partial charge in [0.1, 0.15) is 5.82 Å². The molecule has 1 aliphatic carbocycles. The fourth-order valence-corrected chi connectivity index (χ4v) is 7.38. The Hall–Kier alpha value is -3.67. The summed E-state index contributed by atoms with van der Waals surface area (Å²) in [4.78, 5) is 22.4. The number of pyridine rings is 1. The molecule has 6 heterocycles. The van der Waals surface area contributed by atoms with Crippen molar-refractivity contribution in [3.8, 4) is 22.9 Å². The molecule has 3 aromatic rings. The van der Waals surface area contributed by atoms with Gasteiger partial charge >= 0.3 is 0 Å². The van der Waals surface area contributed by atoms with Gasteiger partial charge in [-0.1, -0.05) is 0 Å². The fourth-order valence-electron chi connectivity index (χ4n) is 6.00. The van der Waals surface area contributed by atoms with Crippen LogP contribution in [-0.2, 0) is 14.8 Å². The van der Waals surface area contributed by atoms with Crippen molar-refractivity contribution in [1.82, 2.24) is 20.5 Å². The molecular formula is C28H33N7O4S. The quantitative estimate of drug-likeness (QED) is 0.492. The van der Waals surface area contributed by atoms with E-state index < -0.39 is 10.0 Å². The number of hydrogen-bond donors (Lipinski definition) is 2. The summed E-state index contributed by atoms with van der Waals surface area (Å²) in [5.41, 5.74) is 2.49. The largest absolute Gasteiger partial charge is 0.416 e. The van der Waals surface area contributed by atoms with Crippen LogP contribution in [0, 0.1) is 5.92 Å². The lowest BCUT2D eigenvalue weighted by Gasteiger charge is -2.42. The molecule has 4 aliphatic heterocycles. The Morgan fingerprint density at radius 2 is 1.82 bits per heavy atom. The van der Waals surface area contributed by atoms with Crippen molar-refractivity contribution in [2.45, 2.75) is 56.2 Å². The van der Waals surface area contributed by atoms with Gasteiger partial charge in [-0.3, -0.25) is 9.52 Å². The second kappa shape index (κ2) is 9.46. The first-order chi connectivity index (χ1) is 19.3. The van der Waals surface area contributed by atoms with E-state index in [0.717, 1.165) is 54.9 Å². The lowest BCUT2D eigenvalue weighted by Crippen LogP contribution is -2.56. The van der Waals surface area contributed by atoms with Crippen molar-refractivity contribution in [1.29, 1.82) is 0 Å². The minimum Gasteiger partial charge on any atom is -0.416 e. The summed E-state index contributed by atoms with van der Waals surface area (Å²) in [6.45, 7) is 4.94. The predicted octanol–water partition coefficient (Wildman–Crippen LogP) is 3.41. The Morgan fingerprint density at radius 1 is 1.02 bits per heavy atom. The van der Waals surface area contributed by atoms with Crippen molar-refractivity contribution in [2.24, 2.45) is 5.92 Å². The second-order valence-electron chi connectivity index (χ2n) is 11.7. The van der Waals surface area contributed by atoms with Gasteiger partial charge in [0.05, 0.1) is 28.1 Å². The normalized spacial score (nSPS) is 24.7. The summed E-state index contributed by atoms with van der Waals surface area (Å²) in [7, 11) is -3.41. The molecule has 11 nitrogen and oxygen atoms in total. The first-order valence-corrected chi connectivity index (χ1v) is 15.6. The van der Waals surface area contributed by atoms with Gasteiger partial charge in [0.2, 0.25) is 27.7 Å². The van der Waals surface area contributed by atoms with Crippen molar-refractivity contribution in [2.75, 3.05) is 40.7 Å². The van der Waals surface area contributed by atoms with Gasteiger partial charge in [-0.25, -0.2) is 13.4 Å². The SMILES string of the molecule is CC12CCN(CC1)c1cc(NS(=O)(=O)C3CC3)ccc1-c1nnc(o1)-c1ccnc(c1)N1CCCC(C1)C(=O)N2. The van der Waals surface area contributed by atoms with Gasteiger partial charge in [0.25, 0.3) is 0 Å². The standard InChI is InChI=1S/C28H33N7O4S/c1-28-9-13-34(14-10-28)23-16-20(33-40(37,38)21-5-6-21)4-7-22(23)27-32-31-26(39-27)18-8-11-29-24(15-18)35-12-2-3-19(17-35)25(36)30-28/h4,7-8,11,15-16,19,21,33H,2-3,5-6,9-10,12-14,17H2,1H3,(H,30,36). The maximum absolute atomic E-state index is 13.4. The van der Waals surface area contributed by atoms with Crippen LogP contribution in [0.2, 0.25) is 0 Å². The fraction of sp³-hybridized carbons (Fsp3) is 0.500. The predicted molar refractivity (Wildman–Crippen MR) is 151 cm³/mol. The maximum Gasteiger partial charge on any atom is 0.250 e. The van der Waals surface area contributed by atoms with E-state index in [-0.39, 0.29) is 22.6 Å². The van der Waals surface area contributed by atoms with Crippen LogP contribution >= 0.6 is 0 Å². The molecule has 1 amide bonds. The number of sulfonamides is 1. The molecule has 2 N–H and O–H groups in total. The van der Waals surface area contributed by atoms with Gasteiger partial charge in [0, 0.05) is 43.5 Å². The van der Waals surface area contributed by atoms with Crippen LogP contribution in [0.3, 0.4) is 0 Å². The van der Waals surface area contributed by atoms with E-state index in [1.807, 2.05) is 24.3 Å². The van der Waals surface area contributed by atoms with Crippen LogP contribution < -0.4 is 19.8 Å². The van der Waals surface area contributed by atoms with Crippen molar-refractivity contribution < 1.29 is 17.6 Å². The molecule has 210 valence electrons. The number of anilines is 3. The average Bonchev–Trinajstić information content (AvgIpc) is 3.71. The van der Waals surface area contributed by atoms with E-state index in [9.17, 15) is 13.2 Å². The molecule has 40 heavy (non-hydrogen) atoms. The summed E-state index contributed by atoms with van der Waals surface area (Å²) in [6, 6.07) is 9.22. The smallest absolute Gasteiger partial charge is 0.250 e. The van der Waals surface area contributed by atoms with Crippen LogP contribution in [0.25, 0.3) is 22.9 Å². The lowest BCUT2D eigenvalue weighted by atomic mass is 9.87. The molecule has 2 aromatic heterocycles. The molecule has 1 unspecified atom stereocenters. The minimum atomic E-state index is -3.41. The van der Waals surface area contributed by atoms with E-state index in [1.165, 1.54) is 0 Å². The van der Waals surface area contributed by atoms with Crippen LogP contribution in [0.4, 0.5) is 17.2 Å². The highest BCUT2D eigenvalue weighted by atomic mass is 32.2. The topological polar surface area (TPSA) is 134 Å². The molecule has 8 bridgehead atoms. The molecular weight excluding hydrogens is 530 g/mol. The van der Waals surface area contributed by atoms with Crippen molar-refractivity contribution >= 4 is 33.1 Å². The van der Waals surface area contributed by atoms with E-state index in [4.69, 9.17) is 4.42 Å². The van der Waals surface area contributed by atoms with Crippen molar-refractivity contribution in [3.05, 3.63) is 36.5 Å². The van der Waals surface area contributed by atoms with Crippen molar-refractivity contribution in [3.63, 3.8) is 0 Å². The summed E-state index contributed by atoms with van der Waals surface area (Å²) in [5, 5.41) is 11.8. The van der Waals surface area contributed by atoms with E-state index in [1.54, 1.807) is 12.3 Å². The number of rotatable bonds is 3. The van der Waals surface area contributed by atoms with Gasteiger partial charge < -0.3 is 19.5 Å². The molecule has 1 saturated carbocycles. The number of nitrogens with zero attached hydrogens (tertiary/aromatic N) is 5. The Bertz CT molecular complexity index is 1560. The minimum absolute atomic E-state index is 0.0967. The Balaban J connectivity index is 1.30. The molecule has 2 saturated heterocycles. The highest BCUT2D eigenvalue weighted by molar-refractivity contribution is 7.93. The van der Waals surface area contributed by atoms with Gasteiger partial charge in [-0.05, 0) is 75.8 Å². The van der Waals surface area contributed by atoms with Crippen LogP contribution in [-0.4, -0.2) is 66.5 Å². The number of amides is 1. The average molecular weight is 564 g/mol. The third kappa shape index (κ3) is 4.78. The van der Waals surface area contributed by atoms with Gasteiger partial charge in [0.15, 0.2) is 0 Å². The summed E-state index contributed by atoms with van der Waals surface area (Å²) < 4.78 is 34.3. The number of piperidine rings is 2. The highest BCUT2D eigenvalue weighted by Crippen LogP contribution is 2.39. The molecule has 1 atom stereocenters.